The summed E-state index contributed by atoms with van der Waals surface area (Å²) in [6.07, 6.45) is 0.611. The first-order chi connectivity index (χ1) is 13.6. The van der Waals surface area contributed by atoms with Crippen molar-refractivity contribution in [1.29, 1.82) is 0 Å². The van der Waals surface area contributed by atoms with Crippen LogP contribution < -0.4 is 4.74 Å². The van der Waals surface area contributed by atoms with Crippen LogP contribution in [-0.2, 0) is 0 Å². The van der Waals surface area contributed by atoms with Gasteiger partial charge in [-0.1, -0.05) is 73.8 Å². The number of ether oxygens (including phenoxy) is 1. The Bertz CT molecular complexity index is 1080. The summed E-state index contributed by atoms with van der Waals surface area (Å²) >= 11 is 7.19. The Morgan fingerprint density at radius 3 is 2.54 bits per heavy atom. The lowest BCUT2D eigenvalue weighted by atomic mass is 9.95. The Hall–Kier alpha value is -2.11. The normalized spacial score (nSPS) is 20.2. The number of aryl methyl sites for hydroxylation is 1. The molecule has 140 valence electrons. The smallest absolute Gasteiger partial charge is 0.213 e. The minimum atomic E-state index is -0.251. The van der Waals surface area contributed by atoms with Crippen molar-refractivity contribution in [3.63, 3.8) is 0 Å². The number of hydrazone groups is 1. The van der Waals surface area contributed by atoms with Crippen LogP contribution in [0.15, 0.2) is 80.8 Å². The molecule has 0 fully saturated rings. The molecule has 3 aromatic carbocycles. The number of fused-ring (bicyclic) bond motifs is 3. The van der Waals surface area contributed by atoms with E-state index in [-0.39, 0.29) is 12.3 Å². The van der Waals surface area contributed by atoms with E-state index in [9.17, 15) is 0 Å². The highest BCUT2D eigenvalue weighted by Gasteiger charge is 2.41. The van der Waals surface area contributed by atoms with Gasteiger partial charge in [-0.15, -0.1) is 0 Å². The SMILES string of the molecule is Cc1ccc(C2=NN3C(C2)c2cc(Br)ccc2OC3c2cccc(Br)c2)cc1. The van der Waals surface area contributed by atoms with Crippen molar-refractivity contribution in [1.82, 2.24) is 5.01 Å². The summed E-state index contributed by atoms with van der Waals surface area (Å²) < 4.78 is 8.51. The maximum atomic E-state index is 6.42. The van der Waals surface area contributed by atoms with Crippen LogP contribution in [-0.4, -0.2) is 10.7 Å². The number of hydrogen-bond acceptors (Lipinski definition) is 3. The molecule has 3 aromatic rings. The van der Waals surface area contributed by atoms with Gasteiger partial charge in [-0.25, -0.2) is 5.01 Å². The average molecular weight is 498 g/mol. The standard InChI is InChI=1S/C23H18Br2N2O/c1-14-5-7-15(8-6-14)20-13-21-19-12-18(25)9-10-22(19)28-23(27(21)26-20)16-3-2-4-17(24)11-16/h2-12,21,23H,13H2,1H3. The molecule has 2 unspecified atom stereocenters. The van der Waals surface area contributed by atoms with Crippen molar-refractivity contribution in [2.24, 2.45) is 5.10 Å². The third kappa shape index (κ3) is 3.16. The van der Waals surface area contributed by atoms with Gasteiger partial charge in [0.15, 0.2) is 0 Å². The molecular weight excluding hydrogens is 480 g/mol. The van der Waals surface area contributed by atoms with Crippen LogP contribution in [0.25, 0.3) is 0 Å². The molecule has 0 amide bonds. The fourth-order valence-corrected chi connectivity index (χ4v) is 4.65. The van der Waals surface area contributed by atoms with Crippen molar-refractivity contribution < 1.29 is 4.74 Å². The molecule has 28 heavy (non-hydrogen) atoms. The molecule has 2 atom stereocenters. The molecule has 0 N–H and O–H groups in total. The maximum absolute atomic E-state index is 6.42. The van der Waals surface area contributed by atoms with Crippen molar-refractivity contribution in [2.45, 2.75) is 25.6 Å². The van der Waals surface area contributed by atoms with Crippen LogP contribution in [0, 0.1) is 6.92 Å². The van der Waals surface area contributed by atoms with Crippen molar-refractivity contribution >= 4 is 37.6 Å². The van der Waals surface area contributed by atoms with Crippen molar-refractivity contribution in [2.75, 3.05) is 0 Å². The highest BCUT2D eigenvalue weighted by Crippen LogP contribution is 2.48. The third-order valence-electron chi connectivity index (χ3n) is 5.27. The Morgan fingerprint density at radius 1 is 0.964 bits per heavy atom. The predicted octanol–water partition coefficient (Wildman–Crippen LogP) is 6.76. The molecule has 5 heteroatoms. The lowest BCUT2D eigenvalue weighted by molar-refractivity contribution is -0.0191. The van der Waals surface area contributed by atoms with Crippen LogP contribution in [0.3, 0.4) is 0 Å². The number of benzene rings is 3. The molecule has 2 heterocycles. The third-order valence-corrected chi connectivity index (χ3v) is 6.26. The monoisotopic (exact) mass is 496 g/mol. The van der Waals surface area contributed by atoms with Gasteiger partial charge >= 0.3 is 0 Å². The average Bonchev–Trinajstić information content (AvgIpc) is 3.14. The zero-order valence-electron chi connectivity index (χ0n) is 15.3. The summed E-state index contributed by atoms with van der Waals surface area (Å²) in [6, 6.07) is 23.2. The van der Waals surface area contributed by atoms with Gasteiger partial charge in [-0.05, 0) is 42.8 Å². The first kappa shape index (κ1) is 18.0. The molecule has 2 aliphatic heterocycles. The zero-order valence-corrected chi connectivity index (χ0v) is 18.4. The number of rotatable bonds is 2. The van der Waals surface area contributed by atoms with E-state index in [1.165, 1.54) is 16.7 Å². The van der Waals surface area contributed by atoms with E-state index in [1.54, 1.807) is 0 Å². The van der Waals surface area contributed by atoms with Crippen LogP contribution >= 0.6 is 31.9 Å². The summed E-state index contributed by atoms with van der Waals surface area (Å²) in [4.78, 5) is 0. The lowest BCUT2D eigenvalue weighted by Crippen LogP contribution is -2.33. The molecule has 5 rings (SSSR count). The van der Waals surface area contributed by atoms with E-state index in [4.69, 9.17) is 9.84 Å². The molecule has 0 radical (unpaired) electrons. The first-order valence-electron chi connectivity index (χ1n) is 9.23. The topological polar surface area (TPSA) is 24.8 Å². The highest BCUT2D eigenvalue weighted by atomic mass is 79.9. The Kier molecular flexibility index (Phi) is 4.52. The molecule has 0 bridgehead atoms. The maximum Gasteiger partial charge on any atom is 0.213 e. The zero-order chi connectivity index (χ0) is 19.3. The van der Waals surface area contributed by atoms with Gasteiger partial charge in [0.1, 0.15) is 5.75 Å². The fourth-order valence-electron chi connectivity index (χ4n) is 3.86. The van der Waals surface area contributed by atoms with Gasteiger partial charge in [0.05, 0.1) is 11.8 Å². The fraction of sp³-hybridized carbons (Fsp3) is 0.174. The summed E-state index contributed by atoms with van der Waals surface area (Å²) in [5.74, 6) is 0.926. The van der Waals surface area contributed by atoms with Gasteiger partial charge in [-0.2, -0.15) is 5.10 Å². The highest BCUT2D eigenvalue weighted by molar-refractivity contribution is 9.10. The number of hydrogen-bond donors (Lipinski definition) is 0. The Morgan fingerprint density at radius 2 is 1.75 bits per heavy atom. The Labute approximate surface area is 181 Å². The van der Waals surface area contributed by atoms with Crippen LogP contribution in [0.1, 0.15) is 40.9 Å². The first-order valence-corrected chi connectivity index (χ1v) is 10.8. The molecule has 3 nitrogen and oxygen atoms in total. The number of halogens is 2. The van der Waals surface area contributed by atoms with E-state index < -0.39 is 0 Å². The molecule has 0 aromatic heterocycles. The van der Waals surface area contributed by atoms with Crippen molar-refractivity contribution in [3.05, 3.63) is 97.9 Å². The minimum absolute atomic E-state index is 0.154. The molecule has 0 aliphatic carbocycles. The molecule has 0 saturated heterocycles. The molecule has 0 spiro atoms. The second-order valence-corrected chi connectivity index (χ2v) is 9.05. The molecular formula is C23H18Br2N2O. The summed E-state index contributed by atoms with van der Waals surface area (Å²) in [7, 11) is 0. The quantitative estimate of drug-likeness (QED) is 0.390. The second-order valence-electron chi connectivity index (χ2n) is 7.22. The van der Waals surface area contributed by atoms with E-state index in [0.717, 1.165) is 32.4 Å². The van der Waals surface area contributed by atoms with Gasteiger partial charge in [0, 0.05) is 26.5 Å². The number of nitrogens with zero attached hydrogens (tertiary/aromatic N) is 2. The van der Waals surface area contributed by atoms with E-state index >= 15 is 0 Å². The Balaban J connectivity index is 1.61. The molecule has 2 aliphatic rings. The van der Waals surface area contributed by atoms with Gasteiger partial charge in [0.2, 0.25) is 6.23 Å². The van der Waals surface area contributed by atoms with Gasteiger partial charge < -0.3 is 4.74 Å². The van der Waals surface area contributed by atoms with Gasteiger partial charge in [0.25, 0.3) is 0 Å². The van der Waals surface area contributed by atoms with E-state index in [0.29, 0.717) is 0 Å². The molecule has 0 saturated carbocycles. The van der Waals surface area contributed by atoms with Gasteiger partial charge in [-0.3, -0.25) is 0 Å². The predicted molar refractivity (Wildman–Crippen MR) is 119 cm³/mol. The van der Waals surface area contributed by atoms with Crippen LogP contribution in [0.4, 0.5) is 0 Å². The van der Waals surface area contributed by atoms with Crippen LogP contribution in [0.2, 0.25) is 0 Å². The minimum Gasteiger partial charge on any atom is -0.464 e. The van der Waals surface area contributed by atoms with E-state index in [2.05, 4.69) is 86.3 Å². The van der Waals surface area contributed by atoms with Crippen LogP contribution in [0.5, 0.6) is 5.75 Å². The summed E-state index contributed by atoms with van der Waals surface area (Å²) in [5.41, 5.74) is 5.78. The summed E-state index contributed by atoms with van der Waals surface area (Å²) in [6.45, 7) is 2.11. The lowest BCUT2D eigenvalue weighted by Gasteiger charge is -2.38. The van der Waals surface area contributed by atoms with Crippen molar-refractivity contribution in [3.8, 4) is 5.75 Å². The summed E-state index contributed by atoms with van der Waals surface area (Å²) in [5, 5.41) is 7.14. The second kappa shape index (κ2) is 7.05. The largest absolute Gasteiger partial charge is 0.464 e. The van der Waals surface area contributed by atoms with E-state index in [1.807, 2.05) is 24.3 Å².